The molecule has 1 saturated carbocycles. The predicted octanol–water partition coefficient (Wildman–Crippen LogP) is 2.76. The van der Waals surface area contributed by atoms with Crippen molar-refractivity contribution in [3.05, 3.63) is 17.5 Å². The lowest BCUT2D eigenvalue weighted by Gasteiger charge is -2.21. The summed E-state index contributed by atoms with van der Waals surface area (Å²) in [6.07, 6.45) is 6.97. The third-order valence-electron chi connectivity index (χ3n) is 3.02. The van der Waals surface area contributed by atoms with E-state index < -0.39 is 0 Å². The molecule has 82 valence electrons. The zero-order chi connectivity index (χ0) is 10.7. The molecule has 0 N–H and O–H groups in total. The average Bonchev–Trinajstić information content (AvgIpc) is 2.70. The monoisotopic (exact) mass is 225 g/mol. The van der Waals surface area contributed by atoms with Crippen molar-refractivity contribution in [2.45, 2.75) is 25.7 Å². The highest BCUT2D eigenvalue weighted by Crippen LogP contribution is 2.26. The van der Waals surface area contributed by atoms with Crippen molar-refractivity contribution in [3.63, 3.8) is 0 Å². The van der Waals surface area contributed by atoms with E-state index in [9.17, 15) is 0 Å². The van der Waals surface area contributed by atoms with Crippen molar-refractivity contribution >= 4 is 17.4 Å². The van der Waals surface area contributed by atoms with Gasteiger partial charge in [0, 0.05) is 19.7 Å². The van der Waals surface area contributed by atoms with Crippen LogP contribution in [0.1, 0.15) is 25.7 Å². The van der Waals surface area contributed by atoms with Crippen LogP contribution in [0.3, 0.4) is 0 Å². The first-order chi connectivity index (χ1) is 7.25. The first kappa shape index (κ1) is 10.7. The molecular formula is C11H16ClN3. The molecule has 1 aromatic rings. The van der Waals surface area contributed by atoms with E-state index in [1.165, 1.54) is 32.0 Å². The van der Waals surface area contributed by atoms with Gasteiger partial charge in [0.25, 0.3) is 0 Å². The maximum Gasteiger partial charge on any atom is 0.134 e. The van der Waals surface area contributed by atoms with Gasteiger partial charge in [-0.1, -0.05) is 24.4 Å². The summed E-state index contributed by atoms with van der Waals surface area (Å²) < 4.78 is 0. The zero-order valence-corrected chi connectivity index (χ0v) is 9.74. The summed E-state index contributed by atoms with van der Waals surface area (Å²) in [5.74, 6) is 1.74. The van der Waals surface area contributed by atoms with Gasteiger partial charge in [-0.05, 0) is 18.8 Å². The van der Waals surface area contributed by atoms with Gasteiger partial charge in [0.15, 0.2) is 0 Å². The molecule has 1 heterocycles. The van der Waals surface area contributed by atoms with E-state index in [1.54, 1.807) is 0 Å². The summed E-state index contributed by atoms with van der Waals surface area (Å²) in [5.41, 5.74) is 0. The van der Waals surface area contributed by atoms with Gasteiger partial charge in [-0.3, -0.25) is 0 Å². The standard InChI is InChI=1S/C11H16ClN3/c1-15(7-9-4-2-3-5-9)11-6-10(12)13-8-14-11/h6,8-9H,2-5,7H2,1H3. The van der Waals surface area contributed by atoms with Crippen molar-refractivity contribution in [1.29, 1.82) is 0 Å². The molecule has 4 heteroatoms. The summed E-state index contributed by atoms with van der Waals surface area (Å²) in [4.78, 5) is 10.3. The van der Waals surface area contributed by atoms with E-state index in [0.717, 1.165) is 18.3 Å². The maximum absolute atomic E-state index is 5.83. The van der Waals surface area contributed by atoms with Crippen LogP contribution in [0.4, 0.5) is 5.82 Å². The van der Waals surface area contributed by atoms with Gasteiger partial charge in [0.05, 0.1) is 0 Å². The minimum atomic E-state index is 0.512. The maximum atomic E-state index is 5.83. The van der Waals surface area contributed by atoms with E-state index in [4.69, 9.17) is 11.6 Å². The Hall–Kier alpha value is -0.830. The van der Waals surface area contributed by atoms with Crippen LogP contribution >= 0.6 is 11.6 Å². The number of hydrogen-bond donors (Lipinski definition) is 0. The molecule has 0 atom stereocenters. The SMILES string of the molecule is CN(CC1CCCC1)c1cc(Cl)ncn1. The fraction of sp³-hybridized carbons (Fsp3) is 0.636. The Morgan fingerprint density at radius 2 is 2.13 bits per heavy atom. The van der Waals surface area contributed by atoms with Crippen molar-refractivity contribution in [2.75, 3.05) is 18.5 Å². The van der Waals surface area contributed by atoms with Gasteiger partial charge in [-0.2, -0.15) is 0 Å². The van der Waals surface area contributed by atoms with Crippen molar-refractivity contribution in [2.24, 2.45) is 5.92 Å². The summed E-state index contributed by atoms with van der Waals surface area (Å²) in [6, 6.07) is 1.82. The van der Waals surface area contributed by atoms with Crippen LogP contribution in [-0.4, -0.2) is 23.6 Å². The van der Waals surface area contributed by atoms with Crippen LogP contribution in [0.15, 0.2) is 12.4 Å². The molecule has 2 rings (SSSR count). The molecule has 0 aliphatic heterocycles. The first-order valence-corrected chi connectivity index (χ1v) is 5.82. The highest BCUT2D eigenvalue weighted by Gasteiger charge is 2.17. The van der Waals surface area contributed by atoms with Gasteiger partial charge in [-0.25, -0.2) is 9.97 Å². The number of aromatic nitrogens is 2. The highest BCUT2D eigenvalue weighted by molar-refractivity contribution is 6.29. The second-order valence-electron chi connectivity index (χ2n) is 4.23. The molecule has 0 spiro atoms. The minimum Gasteiger partial charge on any atom is -0.359 e. The van der Waals surface area contributed by atoms with Crippen molar-refractivity contribution < 1.29 is 0 Å². The Morgan fingerprint density at radius 1 is 1.40 bits per heavy atom. The fourth-order valence-electron chi connectivity index (χ4n) is 2.21. The second kappa shape index (κ2) is 4.79. The van der Waals surface area contributed by atoms with Crippen LogP contribution in [-0.2, 0) is 0 Å². The number of nitrogens with zero attached hydrogens (tertiary/aromatic N) is 3. The largest absolute Gasteiger partial charge is 0.359 e. The summed E-state index contributed by atoms with van der Waals surface area (Å²) in [7, 11) is 2.07. The summed E-state index contributed by atoms with van der Waals surface area (Å²) in [5, 5.41) is 0.512. The Bertz CT molecular complexity index is 323. The molecule has 0 radical (unpaired) electrons. The molecule has 1 aromatic heterocycles. The van der Waals surface area contributed by atoms with Crippen LogP contribution in [0.25, 0.3) is 0 Å². The lowest BCUT2D eigenvalue weighted by atomic mass is 10.1. The van der Waals surface area contributed by atoms with Crippen molar-refractivity contribution in [3.8, 4) is 0 Å². The molecular weight excluding hydrogens is 210 g/mol. The topological polar surface area (TPSA) is 29.0 Å². The number of rotatable bonds is 3. The van der Waals surface area contributed by atoms with Gasteiger partial charge >= 0.3 is 0 Å². The number of halogens is 1. The quantitative estimate of drug-likeness (QED) is 0.741. The Labute approximate surface area is 95.5 Å². The third kappa shape index (κ3) is 2.81. The molecule has 0 saturated heterocycles. The lowest BCUT2D eigenvalue weighted by molar-refractivity contribution is 0.545. The number of anilines is 1. The molecule has 15 heavy (non-hydrogen) atoms. The fourth-order valence-corrected chi connectivity index (χ4v) is 2.35. The normalized spacial score (nSPS) is 16.9. The average molecular weight is 226 g/mol. The number of hydrogen-bond acceptors (Lipinski definition) is 3. The third-order valence-corrected chi connectivity index (χ3v) is 3.22. The van der Waals surface area contributed by atoms with E-state index in [0.29, 0.717) is 5.15 Å². The predicted molar refractivity (Wildman–Crippen MR) is 62.3 cm³/mol. The van der Waals surface area contributed by atoms with Gasteiger partial charge in [0.1, 0.15) is 17.3 Å². The second-order valence-corrected chi connectivity index (χ2v) is 4.62. The van der Waals surface area contributed by atoms with Crippen LogP contribution in [0.5, 0.6) is 0 Å². The summed E-state index contributed by atoms with van der Waals surface area (Å²) >= 11 is 5.83. The Morgan fingerprint density at radius 3 is 2.80 bits per heavy atom. The highest BCUT2D eigenvalue weighted by atomic mass is 35.5. The van der Waals surface area contributed by atoms with Gasteiger partial charge < -0.3 is 4.90 Å². The van der Waals surface area contributed by atoms with E-state index in [1.807, 2.05) is 6.07 Å². The molecule has 0 aromatic carbocycles. The molecule has 0 unspecified atom stereocenters. The molecule has 0 bridgehead atoms. The molecule has 1 fully saturated rings. The first-order valence-electron chi connectivity index (χ1n) is 5.44. The van der Waals surface area contributed by atoms with Crippen molar-refractivity contribution in [1.82, 2.24) is 9.97 Å². The Kier molecular flexibility index (Phi) is 3.41. The van der Waals surface area contributed by atoms with Gasteiger partial charge in [0.2, 0.25) is 0 Å². The van der Waals surface area contributed by atoms with E-state index in [-0.39, 0.29) is 0 Å². The minimum absolute atomic E-state index is 0.512. The smallest absolute Gasteiger partial charge is 0.134 e. The van der Waals surface area contributed by atoms with Gasteiger partial charge in [-0.15, -0.1) is 0 Å². The van der Waals surface area contributed by atoms with E-state index >= 15 is 0 Å². The molecule has 3 nitrogen and oxygen atoms in total. The Balaban J connectivity index is 1.97. The van der Waals surface area contributed by atoms with E-state index in [2.05, 4.69) is 21.9 Å². The molecule has 0 amide bonds. The van der Waals surface area contributed by atoms with Crippen LogP contribution in [0.2, 0.25) is 5.15 Å². The molecule has 1 aliphatic rings. The summed E-state index contributed by atoms with van der Waals surface area (Å²) in [6.45, 7) is 1.08. The zero-order valence-electron chi connectivity index (χ0n) is 8.99. The van der Waals surface area contributed by atoms with Crippen LogP contribution < -0.4 is 4.90 Å². The molecule has 1 aliphatic carbocycles. The lowest BCUT2D eigenvalue weighted by Crippen LogP contribution is -2.24. The van der Waals surface area contributed by atoms with Crippen LogP contribution in [0, 0.1) is 5.92 Å².